The molecular weight excluding hydrogens is 262 g/mol. The number of ether oxygens (including phenoxy) is 2. The van der Waals surface area contributed by atoms with Gasteiger partial charge in [-0.3, -0.25) is 0 Å². The van der Waals surface area contributed by atoms with Crippen molar-refractivity contribution in [2.24, 2.45) is 0 Å². The van der Waals surface area contributed by atoms with Crippen molar-refractivity contribution < 1.29 is 9.47 Å². The van der Waals surface area contributed by atoms with E-state index in [2.05, 4.69) is 25.9 Å². The average molecular weight is 274 g/mol. The molecule has 6 heteroatoms. The first-order valence-corrected chi connectivity index (χ1v) is 5.57. The van der Waals surface area contributed by atoms with Crippen molar-refractivity contribution in [2.75, 3.05) is 18.9 Å². The van der Waals surface area contributed by atoms with E-state index in [0.29, 0.717) is 16.2 Å². The smallest absolute Gasteiger partial charge is 0.233 e. The second kappa shape index (κ2) is 4.76. The van der Waals surface area contributed by atoms with E-state index < -0.39 is 0 Å². The lowest BCUT2D eigenvalue weighted by Gasteiger charge is -2.23. The predicted octanol–water partition coefficient (Wildman–Crippen LogP) is 1.38. The number of hydrogen-bond donors (Lipinski definition) is 1. The molecule has 0 amide bonds. The highest BCUT2D eigenvalue weighted by Gasteiger charge is 2.18. The SMILES string of the molecule is Nc1ncnc(OC2CCOCC2)c1Br. The van der Waals surface area contributed by atoms with E-state index in [1.165, 1.54) is 6.33 Å². The van der Waals surface area contributed by atoms with Gasteiger partial charge in [0.1, 0.15) is 22.7 Å². The van der Waals surface area contributed by atoms with Gasteiger partial charge in [0.2, 0.25) is 5.88 Å². The number of anilines is 1. The van der Waals surface area contributed by atoms with Crippen LogP contribution in [0.4, 0.5) is 5.82 Å². The Balaban J connectivity index is 2.06. The van der Waals surface area contributed by atoms with Crippen LogP contribution < -0.4 is 10.5 Å². The molecule has 1 fully saturated rings. The molecule has 2 heterocycles. The molecule has 0 radical (unpaired) electrons. The highest BCUT2D eigenvalue weighted by Crippen LogP contribution is 2.28. The molecule has 0 aliphatic carbocycles. The summed E-state index contributed by atoms with van der Waals surface area (Å²) in [6.07, 6.45) is 3.32. The Morgan fingerprint density at radius 2 is 2.13 bits per heavy atom. The Hall–Kier alpha value is -0.880. The van der Waals surface area contributed by atoms with Gasteiger partial charge >= 0.3 is 0 Å². The maximum Gasteiger partial charge on any atom is 0.233 e. The Bertz CT molecular complexity index is 342. The molecular formula is C9H12BrN3O2. The second-order valence-electron chi connectivity index (χ2n) is 3.31. The van der Waals surface area contributed by atoms with E-state index in [0.717, 1.165) is 26.1 Å². The van der Waals surface area contributed by atoms with Crippen LogP contribution in [0, 0.1) is 0 Å². The van der Waals surface area contributed by atoms with Gasteiger partial charge in [-0.05, 0) is 15.9 Å². The summed E-state index contributed by atoms with van der Waals surface area (Å²) in [5.74, 6) is 0.904. The van der Waals surface area contributed by atoms with Crippen molar-refractivity contribution in [1.82, 2.24) is 9.97 Å². The minimum absolute atomic E-state index is 0.157. The third kappa shape index (κ3) is 2.57. The van der Waals surface area contributed by atoms with Crippen LogP contribution in [-0.4, -0.2) is 29.3 Å². The number of halogens is 1. The molecule has 1 saturated heterocycles. The van der Waals surface area contributed by atoms with Gasteiger partial charge in [-0.2, -0.15) is 0 Å². The van der Waals surface area contributed by atoms with Gasteiger partial charge in [0.15, 0.2) is 0 Å². The summed E-state index contributed by atoms with van der Waals surface area (Å²) in [5, 5.41) is 0. The molecule has 0 saturated carbocycles. The van der Waals surface area contributed by atoms with Crippen molar-refractivity contribution >= 4 is 21.7 Å². The van der Waals surface area contributed by atoms with Crippen LogP contribution in [0.1, 0.15) is 12.8 Å². The van der Waals surface area contributed by atoms with Gasteiger partial charge in [0, 0.05) is 12.8 Å². The lowest BCUT2D eigenvalue weighted by molar-refractivity contribution is 0.0234. The topological polar surface area (TPSA) is 70.3 Å². The third-order valence-electron chi connectivity index (χ3n) is 2.23. The zero-order valence-electron chi connectivity index (χ0n) is 8.15. The van der Waals surface area contributed by atoms with Gasteiger partial charge in [-0.15, -0.1) is 0 Å². The summed E-state index contributed by atoms with van der Waals surface area (Å²) in [5.41, 5.74) is 5.62. The molecule has 0 aromatic carbocycles. The van der Waals surface area contributed by atoms with Gasteiger partial charge < -0.3 is 15.2 Å². The lowest BCUT2D eigenvalue weighted by Crippen LogP contribution is -2.26. The number of nitrogens with zero attached hydrogens (tertiary/aromatic N) is 2. The fourth-order valence-electron chi connectivity index (χ4n) is 1.40. The summed E-state index contributed by atoms with van der Waals surface area (Å²) < 4.78 is 11.6. The fraction of sp³-hybridized carbons (Fsp3) is 0.556. The summed E-state index contributed by atoms with van der Waals surface area (Å²) in [6, 6.07) is 0. The lowest BCUT2D eigenvalue weighted by atomic mass is 10.2. The van der Waals surface area contributed by atoms with E-state index in [4.69, 9.17) is 15.2 Å². The summed E-state index contributed by atoms with van der Waals surface area (Å²) in [7, 11) is 0. The van der Waals surface area contributed by atoms with Crippen molar-refractivity contribution in [3.8, 4) is 5.88 Å². The van der Waals surface area contributed by atoms with Gasteiger partial charge in [0.25, 0.3) is 0 Å². The molecule has 1 aromatic heterocycles. The molecule has 0 spiro atoms. The molecule has 2 rings (SSSR count). The molecule has 5 nitrogen and oxygen atoms in total. The molecule has 1 aliphatic rings. The van der Waals surface area contributed by atoms with Gasteiger partial charge in [-0.1, -0.05) is 0 Å². The van der Waals surface area contributed by atoms with E-state index in [1.54, 1.807) is 0 Å². The molecule has 1 aliphatic heterocycles. The zero-order chi connectivity index (χ0) is 10.7. The zero-order valence-corrected chi connectivity index (χ0v) is 9.74. The maximum absolute atomic E-state index is 5.71. The highest BCUT2D eigenvalue weighted by atomic mass is 79.9. The first-order valence-electron chi connectivity index (χ1n) is 4.77. The summed E-state index contributed by atoms with van der Waals surface area (Å²) >= 11 is 3.30. The van der Waals surface area contributed by atoms with E-state index in [1.807, 2.05) is 0 Å². The van der Waals surface area contributed by atoms with Crippen molar-refractivity contribution in [1.29, 1.82) is 0 Å². The third-order valence-corrected chi connectivity index (χ3v) is 2.98. The quantitative estimate of drug-likeness (QED) is 0.882. The minimum atomic E-state index is 0.157. The maximum atomic E-state index is 5.71. The van der Waals surface area contributed by atoms with Crippen LogP contribution in [0.25, 0.3) is 0 Å². The van der Waals surface area contributed by atoms with Crippen LogP contribution in [0.15, 0.2) is 10.8 Å². The van der Waals surface area contributed by atoms with Crippen molar-refractivity contribution in [3.05, 3.63) is 10.8 Å². The number of hydrogen-bond acceptors (Lipinski definition) is 5. The minimum Gasteiger partial charge on any atom is -0.473 e. The average Bonchev–Trinajstić information content (AvgIpc) is 2.26. The molecule has 0 atom stereocenters. The standard InChI is InChI=1S/C9H12BrN3O2/c10-7-8(11)12-5-13-9(7)15-6-1-3-14-4-2-6/h5-6H,1-4H2,(H2,11,12,13). The number of nitrogen functional groups attached to an aromatic ring is 1. The Labute approximate surface area is 96.1 Å². The van der Waals surface area contributed by atoms with E-state index in [9.17, 15) is 0 Å². The highest BCUT2D eigenvalue weighted by molar-refractivity contribution is 9.10. The molecule has 1 aromatic rings. The monoisotopic (exact) mass is 273 g/mol. The van der Waals surface area contributed by atoms with Crippen molar-refractivity contribution in [3.63, 3.8) is 0 Å². The van der Waals surface area contributed by atoms with Crippen molar-refractivity contribution in [2.45, 2.75) is 18.9 Å². The van der Waals surface area contributed by atoms with Crippen LogP contribution >= 0.6 is 15.9 Å². The molecule has 82 valence electrons. The first kappa shape index (κ1) is 10.6. The van der Waals surface area contributed by atoms with Gasteiger partial charge in [0.05, 0.1) is 13.2 Å². The van der Waals surface area contributed by atoms with Crippen LogP contribution in [0.3, 0.4) is 0 Å². The Morgan fingerprint density at radius 3 is 2.87 bits per heavy atom. The van der Waals surface area contributed by atoms with Gasteiger partial charge in [-0.25, -0.2) is 9.97 Å². The molecule has 2 N–H and O–H groups in total. The first-order chi connectivity index (χ1) is 7.27. The number of rotatable bonds is 2. The van der Waals surface area contributed by atoms with Crippen LogP contribution in [0.5, 0.6) is 5.88 Å². The van der Waals surface area contributed by atoms with E-state index in [-0.39, 0.29) is 6.10 Å². The van der Waals surface area contributed by atoms with Crippen LogP contribution in [-0.2, 0) is 4.74 Å². The second-order valence-corrected chi connectivity index (χ2v) is 4.10. The fourth-order valence-corrected chi connectivity index (χ4v) is 1.70. The van der Waals surface area contributed by atoms with Crippen LogP contribution in [0.2, 0.25) is 0 Å². The molecule has 0 bridgehead atoms. The summed E-state index contributed by atoms with van der Waals surface area (Å²) in [4.78, 5) is 7.88. The van der Waals surface area contributed by atoms with E-state index >= 15 is 0 Å². The summed E-state index contributed by atoms with van der Waals surface area (Å²) in [6.45, 7) is 1.48. The number of nitrogens with two attached hydrogens (primary N) is 1. The Morgan fingerprint density at radius 1 is 1.40 bits per heavy atom. The largest absolute Gasteiger partial charge is 0.473 e. The predicted molar refractivity (Wildman–Crippen MR) is 58.6 cm³/mol. The number of aromatic nitrogens is 2. The molecule has 0 unspecified atom stereocenters. The normalized spacial score (nSPS) is 17.7. The molecule has 15 heavy (non-hydrogen) atoms. The Kier molecular flexibility index (Phi) is 3.37.